The predicted molar refractivity (Wildman–Crippen MR) is 92.7 cm³/mol. The van der Waals surface area contributed by atoms with Crippen LogP contribution in [0.2, 0.25) is 5.02 Å². The van der Waals surface area contributed by atoms with Crippen LogP contribution in [0.25, 0.3) is 16.6 Å². The molecular weight excluding hydrogens is 374 g/mol. The van der Waals surface area contributed by atoms with E-state index in [1.165, 1.54) is 7.11 Å². The zero-order chi connectivity index (χ0) is 19.7. The van der Waals surface area contributed by atoms with Crippen LogP contribution in [0.3, 0.4) is 0 Å². The highest BCUT2D eigenvalue weighted by atomic mass is 35.5. The Hall–Kier alpha value is -2.86. The van der Waals surface area contributed by atoms with Crippen LogP contribution in [0.5, 0.6) is 0 Å². The summed E-state index contributed by atoms with van der Waals surface area (Å²) in [5, 5.41) is 9.52. The van der Waals surface area contributed by atoms with Crippen molar-refractivity contribution in [3.63, 3.8) is 0 Å². The van der Waals surface area contributed by atoms with E-state index in [0.29, 0.717) is 27.4 Å². The van der Waals surface area contributed by atoms with E-state index in [0.717, 1.165) is 0 Å². The second kappa shape index (κ2) is 9.58. The van der Waals surface area contributed by atoms with Gasteiger partial charge in [-0.1, -0.05) is 35.9 Å². The number of carbonyl (C=O) groups is 1. The van der Waals surface area contributed by atoms with Crippen LogP contribution >= 0.6 is 11.6 Å². The highest BCUT2D eigenvalue weighted by molar-refractivity contribution is 6.50. The first kappa shape index (κ1) is 21.2. The molecule has 136 valence electrons. The summed E-state index contributed by atoms with van der Waals surface area (Å²) in [6.07, 6.45) is 1.60. The molecule has 0 saturated carbocycles. The van der Waals surface area contributed by atoms with E-state index in [9.17, 15) is 22.1 Å². The second-order valence-corrected chi connectivity index (χ2v) is 5.15. The summed E-state index contributed by atoms with van der Waals surface area (Å²) in [5.74, 6) is -0.495. The van der Waals surface area contributed by atoms with Gasteiger partial charge in [-0.25, -0.2) is 4.79 Å². The van der Waals surface area contributed by atoms with Gasteiger partial charge in [-0.3, -0.25) is 0 Å². The molecule has 2 aromatic carbocycles. The summed E-state index contributed by atoms with van der Waals surface area (Å²) in [6.45, 7) is 0. The lowest BCUT2D eigenvalue weighted by atomic mass is 10.0. The number of halogens is 5. The number of nitrogens with zero attached hydrogens (tertiary/aromatic N) is 2. The maximum Gasteiger partial charge on any atom is 0.673 e. The number of carbonyl (C=O) groups excluding carboxylic acids is 1. The Morgan fingerprint density at radius 3 is 2.31 bits per heavy atom. The van der Waals surface area contributed by atoms with Gasteiger partial charge >= 0.3 is 18.9 Å². The molecule has 26 heavy (non-hydrogen) atoms. The molecule has 0 saturated heterocycles. The van der Waals surface area contributed by atoms with Crippen LogP contribution in [-0.2, 0) is 9.53 Å². The van der Waals surface area contributed by atoms with Crippen molar-refractivity contribution in [2.45, 2.75) is 0 Å². The molecule has 0 heterocycles. The molecule has 0 atom stereocenters. The first-order chi connectivity index (χ1) is 12.2. The Labute approximate surface area is 151 Å². The number of ether oxygens (including phenoxy) is 1. The standard InChI is InChI=1S/C16H12ClN2O2.BF4/c1-21-16(20)14(11-6-4-7-13(17)9-11)10-12-5-2-3-8-15(12)19-18;2-1(3,4)5/h2-10H,1H3;/q+1;-1/b14-10+;. The summed E-state index contributed by atoms with van der Waals surface area (Å²) in [6, 6.07) is 13.8. The van der Waals surface area contributed by atoms with Gasteiger partial charge < -0.3 is 22.0 Å². The molecule has 0 amide bonds. The van der Waals surface area contributed by atoms with Crippen molar-refractivity contribution in [2.24, 2.45) is 0 Å². The lowest BCUT2D eigenvalue weighted by Gasteiger charge is -2.06. The van der Waals surface area contributed by atoms with E-state index in [-0.39, 0.29) is 0 Å². The molecule has 0 aliphatic heterocycles. The van der Waals surface area contributed by atoms with E-state index in [2.05, 4.69) is 4.98 Å². The molecule has 0 spiro atoms. The minimum absolute atomic E-state index is 0.330. The summed E-state index contributed by atoms with van der Waals surface area (Å²) in [5.41, 5.74) is 1.92. The number of diazo groups is 1. The zero-order valence-electron chi connectivity index (χ0n) is 13.4. The third-order valence-corrected chi connectivity index (χ3v) is 3.12. The normalized spacial score (nSPS) is 11.0. The van der Waals surface area contributed by atoms with Gasteiger partial charge in [-0.05, 0) is 29.8 Å². The maximum atomic E-state index is 12.0. The summed E-state index contributed by atoms with van der Waals surface area (Å²) in [7, 11) is -4.69. The summed E-state index contributed by atoms with van der Waals surface area (Å²) < 4.78 is 43.8. The van der Waals surface area contributed by atoms with Gasteiger partial charge in [0.2, 0.25) is 5.39 Å². The Bertz CT molecular complexity index is 845. The van der Waals surface area contributed by atoms with E-state index in [1.807, 2.05) is 0 Å². The molecule has 4 nitrogen and oxygen atoms in total. The van der Waals surface area contributed by atoms with Crippen LogP contribution in [0.4, 0.5) is 23.0 Å². The topological polar surface area (TPSA) is 54.5 Å². The Morgan fingerprint density at radius 1 is 1.15 bits per heavy atom. The van der Waals surface area contributed by atoms with E-state index < -0.39 is 13.2 Å². The first-order valence-electron chi connectivity index (χ1n) is 7.03. The van der Waals surface area contributed by atoms with Crippen LogP contribution in [0.15, 0.2) is 48.5 Å². The molecule has 0 fully saturated rings. The van der Waals surface area contributed by atoms with Crippen LogP contribution in [-0.4, -0.2) is 20.3 Å². The molecule has 0 N–H and O–H groups in total. The van der Waals surface area contributed by atoms with Gasteiger partial charge in [-0.2, -0.15) is 0 Å². The third-order valence-electron chi connectivity index (χ3n) is 2.89. The molecule has 2 aromatic rings. The van der Waals surface area contributed by atoms with Gasteiger partial charge in [0.25, 0.3) is 0 Å². The zero-order valence-corrected chi connectivity index (χ0v) is 14.1. The number of esters is 1. The molecule has 10 heteroatoms. The fourth-order valence-electron chi connectivity index (χ4n) is 1.88. The number of benzene rings is 2. The summed E-state index contributed by atoms with van der Waals surface area (Å²) in [4.78, 5) is 15.2. The van der Waals surface area contributed by atoms with Crippen molar-refractivity contribution in [1.29, 1.82) is 5.39 Å². The molecule has 0 aromatic heterocycles. The third kappa shape index (κ3) is 7.36. The number of rotatable bonds is 3. The second-order valence-electron chi connectivity index (χ2n) is 4.71. The van der Waals surface area contributed by atoms with Crippen molar-refractivity contribution >= 4 is 42.2 Å². The van der Waals surface area contributed by atoms with Crippen LogP contribution < -0.4 is 0 Å². The number of hydrogen-bond donors (Lipinski definition) is 0. The molecule has 2 rings (SSSR count). The molecule has 0 bridgehead atoms. The van der Waals surface area contributed by atoms with E-state index in [4.69, 9.17) is 21.7 Å². The van der Waals surface area contributed by atoms with Gasteiger partial charge in [0, 0.05) is 11.1 Å². The van der Waals surface area contributed by atoms with Gasteiger partial charge in [0.1, 0.15) is 0 Å². The fourth-order valence-corrected chi connectivity index (χ4v) is 2.07. The quantitative estimate of drug-likeness (QED) is 0.166. The molecular formula is C16H12BClF4N2O2. The van der Waals surface area contributed by atoms with Crippen molar-refractivity contribution in [1.82, 2.24) is 0 Å². The lowest BCUT2D eigenvalue weighted by molar-refractivity contribution is -0.133. The highest BCUT2D eigenvalue weighted by Crippen LogP contribution is 2.27. The van der Waals surface area contributed by atoms with Crippen molar-refractivity contribution < 1.29 is 26.8 Å². The molecule has 0 radical (unpaired) electrons. The lowest BCUT2D eigenvalue weighted by Crippen LogP contribution is -2.03. The van der Waals surface area contributed by atoms with Gasteiger partial charge in [-0.15, -0.1) is 0 Å². The first-order valence-corrected chi connectivity index (χ1v) is 7.41. The SMILES string of the molecule is COC(=O)/C(=C/c1ccccc1[N+]#N)c1cccc(Cl)c1.F[B-](F)(F)F. The Balaban J connectivity index is 0.000000597. The predicted octanol–water partition coefficient (Wildman–Crippen LogP) is 5.84. The van der Waals surface area contributed by atoms with Gasteiger partial charge in [0.15, 0.2) is 4.98 Å². The average molecular weight is 387 g/mol. The van der Waals surface area contributed by atoms with Crippen molar-refractivity contribution in [3.8, 4) is 0 Å². The van der Waals surface area contributed by atoms with Crippen molar-refractivity contribution in [2.75, 3.05) is 7.11 Å². The Morgan fingerprint density at radius 2 is 1.77 bits per heavy atom. The fraction of sp³-hybridized carbons (Fsp3) is 0.0625. The largest absolute Gasteiger partial charge is 0.673 e. The van der Waals surface area contributed by atoms with Crippen LogP contribution in [0.1, 0.15) is 11.1 Å². The monoisotopic (exact) mass is 386 g/mol. The summed E-state index contributed by atoms with van der Waals surface area (Å²) >= 11 is 5.96. The van der Waals surface area contributed by atoms with Crippen LogP contribution in [0, 0.1) is 5.39 Å². The smallest absolute Gasteiger partial charge is 0.465 e. The van der Waals surface area contributed by atoms with Gasteiger partial charge in [0.05, 0.1) is 18.2 Å². The molecule has 0 unspecified atom stereocenters. The highest BCUT2D eigenvalue weighted by Gasteiger charge is 2.20. The Kier molecular flexibility index (Phi) is 7.81. The number of hydrogen-bond acceptors (Lipinski definition) is 3. The maximum absolute atomic E-state index is 12.0. The number of methoxy groups -OCH3 is 1. The minimum atomic E-state index is -6.00. The average Bonchev–Trinajstić information content (AvgIpc) is 2.58. The molecule has 0 aliphatic rings. The van der Waals surface area contributed by atoms with E-state index >= 15 is 0 Å². The van der Waals surface area contributed by atoms with Crippen molar-refractivity contribution in [3.05, 3.63) is 69.7 Å². The van der Waals surface area contributed by atoms with E-state index in [1.54, 1.807) is 54.6 Å². The molecule has 0 aliphatic carbocycles. The minimum Gasteiger partial charge on any atom is -0.465 e.